The monoisotopic (exact) mass is 231 g/mol. The Hall–Kier alpha value is -1.77. The molecule has 0 aliphatic heterocycles. The highest BCUT2D eigenvalue weighted by Crippen LogP contribution is 2.20. The zero-order valence-corrected chi connectivity index (χ0v) is 10.0. The van der Waals surface area contributed by atoms with Gasteiger partial charge in [-0.05, 0) is 31.4 Å². The molecule has 17 heavy (non-hydrogen) atoms. The van der Waals surface area contributed by atoms with Crippen LogP contribution in [0.2, 0.25) is 0 Å². The number of carboxylic acids is 1. The summed E-state index contributed by atoms with van der Waals surface area (Å²) in [6, 6.07) is 8.32. The van der Waals surface area contributed by atoms with Crippen LogP contribution in [0.4, 0.5) is 0 Å². The maximum Gasteiger partial charge on any atom is 0.303 e. The average Bonchev–Trinajstić information content (AvgIpc) is 2.63. The summed E-state index contributed by atoms with van der Waals surface area (Å²) in [6.45, 7) is 3.00. The number of para-hydroxylation sites is 1. The van der Waals surface area contributed by atoms with Crippen LogP contribution in [-0.4, -0.2) is 15.6 Å². The van der Waals surface area contributed by atoms with E-state index in [-0.39, 0.29) is 6.42 Å². The highest BCUT2D eigenvalue weighted by Gasteiger charge is 2.04. The van der Waals surface area contributed by atoms with Crippen molar-refractivity contribution in [2.24, 2.45) is 0 Å². The van der Waals surface area contributed by atoms with Crippen LogP contribution < -0.4 is 0 Å². The number of hydrogen-bond acceptors (Lipinski definition) is 1. The lowest BCUT2D eigenvalue weighted by Crippen LogP contribution is -1.99. The van der Waals surface area contributed by atoms with Gasteiger partial charge < -0.3 is 9.67 Å². The number of aromatic nitrogens is 1. The molecule has 0 radical (unpaired) electrons. The molecule has 0 spiro atoms. The summed E-state index contributed by atoms with van der Waals surface area (Å²) < 4.78 is 2.21. The molecule has 3 heteroatoms. The first-order valence-corrected chi connectivity index (χ1v) is 5.95. The standard InChI is InChI=1S/C14H17NO2/c1-11-10-15(9-5-4-8-14(16)17)13-7-3-2-6-12(11)13/h2-3,6-7,10H,4-5,8-9H2,1H3,(H,16,17). The van der Waals surface area contributed by atoms with Crippen LogP contribution in [0.3, 0.4) is 0 Å². The van der Waals surface area contributed by atoms with Gasteiger partial charge in [-0.1, -0.05) is 18.2 Å². The minimum absolute atomic E-state index is 0.262. The minimum Gasteiger partial charge on any atom is -0.481 e. The third kappa shape index (κ3) is 2.67. The van der Waals surface area contributed by atoms with Gasteiger partial charge in [0.05, 0.1) is 0 Å². The van der Waals surface area contributed by atoms with Gasteiger partial charge in [-0.25, -0.2) is 0 Å². The quantitative estimate of drug-likeness (QED) is 0.803. The summed E-state index contributed by atoms with van der Waals surface area (Å²) >= 11 is 0. The van der Waals surface area contributed by atoms with E-state index in [2.05, 4.69) is 29.8 Å². The smallest absolute Gasteiger partial charge is 0.303 e. The lowest BCUT2D eigenvalue weighted by molar-refractivity contribution is -0.137. The predicted molar refractivity (Wildman–Crippen MR) is 68.2 cm³/mol. The lowest BCUT2D eigenvalue weighted by atomic mass is 10.2. The van der Waals surface area contributed by atoms with Gasteiger partial charge in [-0.3, -0.25) is 4.79 Å². The van der Waals surface area contributed by atoms with Gasteiger partial charge in [-0.15, -0.1) is 0 Å². The largest absolute Gasteiger partial charge is 0.481 e. The summed E-state index contributed by atoms with van der Waals surface area (Å²) in [7, 11) is 0. The number of hydrogen-bond donors (Lipinski definition) is 1. The van der Waals surface area contributed by atoms with E-state index in [1.54, 1.807) is 0 Å². The van der Waals surface area contributed by atoms with Crippen LogP contribution >= 0.6 is 0 Å². The van der Waals surface area contributed by atoms with Crippen molar-refractivity contribution >= 4 is 16.9 Å². The van der Waals surface area contributed by atoms with Crippen molar-refractivity contribution in [3.8, 4) is 0 Å². The molecule has 0 bridgehead atoms. The molecule has 0 aliphatic rings. The van der Waals surface area contributed by atoms with Gasteiger partial charge in [-0.2, -0.15) is 0 Å². The molecule has 0 amide bonds. The number of rotatable bonds is 5. The normalized spacial score (nSPS) is 10.9. The summed E-state index contributed by atoms with van der Waals surface area (Å²) in [4.78, 5) is 10.4. The molecule has 90 valence electrons. The number of carbonyl (C=O) groups is 1. The molecule has 1 heterocycles. The Balaban J connectivity index is 2.06. The number of aryl methyl sites for hydroxylation is 2. The van der Waals surface area contributed by atoms with Gasteiger partial charge in [0.25, 0.3) is 0 Å². The molecular formula is C14H17NO2. The van der Waals surface area contributed by atoms with Crippen molar-refractivity contribution in [3.63, 3.8) is 0 Å². The van der Waals surface area contributed by atoms with Gasteiger partial charge in [0.15, 0.2) is 0 Å². The molecule has 3 nitrogen and oxygen atoms in total. The molecule has 2 rings (SSSR count). The SMILES string of the molecule is Cc1cn(CCCCC(=O)O)c2ccccc12. The van der Waals surface area contributed by atoms with E-state index in [0.717, 1.165) is 19.4 Å². The first-order chi connectivity index (χ1) is 8.18. The molecule has 0 unspecified atom stereocenters. The molecule has 1 aromatic heterocycles. The number of nitrogens with zero attached hydrogens (tertiary/aromatic N) is 1. The van der Waals surface area contributed by atoms with Crippen molar-refractivity contribution in [2.45, 2.75) is 32.7 Å². The van der Waals surface area contributed by atoms with Crippen LogP contribution in [-0.2, 0) is 11.3 Å². The number of benzene rings is 1. The van der Waals surface area contributed by atoms with Crippen LogP contribution in [0.1, 0.15) is 24.8 Å². The second kappa shape index (κ2) is 5.04. The summed E-state index contributed by atoms with van der Waals surface area (Å²) in [5.74, 6) is -0.710. The first-order valence-electron chi connectivity index (χ1n) is 5.95. The highest BCUT2D eigenvalue weighted by molar-refractivity contribution is 5.83. The molecule has 2 aromatic rings. The molecule has 0 saturated heterocycles. The Morgan fingerprint density at radius 1 is 1.29 bits per heavy atom. The van der Waals surface area contributed by atoms with Crippen molar-refractivity contribution in [2.75, 3.05) is 0 Å². The van der Waals surface area contributed by atoms with Gasteiger partial charge in [0, 0.05) is 30.1 Å². The maximum atomic E-state index is 10.4. The Bertz CT molecular complexity index is 528. The molecule has 1 N–H and O–H groups in total. The van der Waals surface area contributed by atoms with Crippen molar-refractivity contribution in [1.82, 2.24) is 4.57 Å². The third-order valence-corrected chi connectivity index (χ3v) is 3.03. The van der Waals surface area contributed by atoms with E-state index < -0.39 is 5.97 Å². The van der Waals surface area contributed by atoms with Crippen LogP contribution in [0, 0.1) is 6.92 Å². The summed E-state index contributed by atoms with van der Waals surface area (Å²) in [6.07, 6.45) is 4.05. The van der Waals surface area contributed by atoms with Crippen LogP contribution in [0.25, 0.3) is 10.9 Å². The van der Waals surface area contributed by atoms with Crippen LogP contribution in [0.15, 0.2) is 30.5 Å². The molecule has 1 aromatic carbocycles. The highest BCUT2D eigenvalue weighted by atomic mass is 16.4. The Morgan fingerprint density at radius 3 is 2.82 bits per heavy atom. The predicted octanol–water partition coefficient (Wildman–Crippen LogP) is 3.20. The Labute approximate surface area is 101 Å². The molecule has 0 atom stereocenters. The van der Waals surface area contributed by atoms with Crippen LogP contribution in [0.5, 0.6) is 0 Å². The molecule has 0 fully saturated rings. The molecule has 0 aliphatic carbocycles. The number of aliphatic carboxylic acids is 1. The maximum absolute atomic E-state index is 10.4. The number of carboxylic acid groups (broad SMARTS) is 1. The van der Waals surface area contributed by atoms with Crippen molar-refractivity contribution < 1.29 is 9.90 Å². The molecular weight excluding hydrogens is 214 g/mol. The van der Waals surface area contributed by atoms with E-state index >= 15 is 0 Å². The van der Waals surface area contributed by atoms with E-state index in [4.69, 9.17) is 5.11 Å². The van der Waals surface area contributed by atoms with Gasteiger partial charge >= 0.3 is 5.97 Å². The zero-order valence-electron chi connectivity index (χ0n) is 10.0. The topological polar surface area (TPSA) is 42.2 Å². The molecule has 0 saturated carbocycles. The van der Waals surface area contributed by atoms with Crippen molar-refractivity contribution in [3.05, 3.63) is 36.0 Å². The van der Waals surface area contributed by atoms with Crippen molar-refractivity contribution in [1.29, 1.82) is 0 Å². The van der Waals surface area contributed by atoms with E-state index in [1.807, 2.05) is 12.1 Å². The van der Waals surface area contributed by atoms with Gasteiger partial charge in [0.2, 0.25) is 0 Å². The zero-order chi connectivity index (χ0) is 12.3. The van der Waals surface area contributed by atoms with E-state index in [1.165, 1.54) is 16.5 Å². The second-order valence-electron chi connectivity index (χ2n) is 4.37. The Kier molecular flexibility index (Phi) is 3.47. The summed E-state index contributed by atoms with van der Waals surface area (Å²) in [5.41, 5.74) is 2.51. The first kappa shape index (κ1) is 11.7. The number of unbranched alkanes of at least 4 members (excludes halogenated alkanes) is 1. The van der Waals surface area contributed by atoms with E-state index in [0.29, 0.717) is 0 Å². The fraction of sp³-hybridized carbons (Fsp3) is 0.357. The van der Waals surface area contributed by atoms with Gasteiger partial charge in [0.1, 0.15) is 0 Å². The van der Waals surface area contributed by atoms with E-state index in [9.17, 15) is 4.79 Å². The third-order valence-electron chi connectivity index (χ3n) is 3.03. The fourth-order valence-corrected chi connectivity index (χ4v) is 2.17. The fourth-order valence-electron chi connectivity index (χ4n) is 2.17. The summed E-state index contributed by atoms with van der Waals surface area (Å²) in [5, 5.41) is 9.86. The lowest BCUT2D eigenvalue weighted by Gasteiger charge is -2.04. The average molecular weight is 231 g/mol. The Morgan fingerprint density at radius 2 is 2.06 bits per heavy atom. The minimum atomic E-state index is -0.710. The second-order valence-corrected chi connectivity index (χ2v) is 4.37. The number of fused-ring (bicyclic) bond motifs is 1.